The van der Waals surface area contributed by atoms with Crippen molar-refractivity contribution in [2.24, 2.45) is 5.92 Å². The number of anilines is 1. The first-order valence-electron chi connectivity index (χ1n) is 8.76. The number of nitrogens with one attached hydrogen (secondary N) is 1. The van der Waals surface area contributed by atoms with Crippen molar-refractivity contribution < 1.29 is 9.53 Å². The summed E-state index contributed by atoms with van der Waals surface area (Å²) in [5.74, 6) is 1.19. The van der Waals surface area contributed by atoms with Crippen LogP contribution in [-0.4, -0.2) is 25.5 Å². The van der Waals surface area contributed by atoms with E-state index >= 15 is 0 Å². The molecular weight excluding hydrogens is 342 g/mol. The molecule has 0 bridgehead atoms. The molecule has 2 aromatic carbocycles. The third-order valence-electron chi connectivity index (χ3n) is 4.03. The lowest BCUT2D eigenvalue weighted by Gasteiger charge is -2.10. The second-order valence-electron chi connectivity index (χ2n) is 6.71. The summed E-state index contributed by atoms with van der Waals surface area (Å²) in [4.78, 5) is 16.6. The number of ether oxygens (including phenoxy) is 1. The van der Waals surface area contributed by atoms with Crippen molar-refractivity contribution in [3.8, 4) is 11.6 Å². The first-order chi connectivity index (χ1) is 13.1. The minimum Gasteiger partial charge on any atom is -0.436 e. The molecule has 0 saturated heterocycles. The normalized spacial score (nSPS) is 11.2. The fraction of sp³-hybridized carbons (Fsp3) is 0.200. The van der Waals surface area contributed by atoms with Gasteiger partial charge in [-0.25, -0.2) is 4.98 Å². The summed E-state index contributed by atoms with van der Waals surface area (Å²) in [6.07, 6.45) is 2.10. The Morgan fingerprint density at radius 1 is 1.19 bits per heavy atom. The van der Waals surface area contributed by atoms with Crippen LogP contribution in [-0.2, 0) is 4.79 Å². The molecule has 7 heteroatoms. The lowest BCUT2D eigenvalue weighted by Crippen LogP contribution is -2.13. The molecule has 0 aliphatic rings. The molecule has 0 unspecified atom stereocenters. The lowest BCUT2D eigenvalue weighted by atomic mass is 10.1. The fourth-order valence-electron chi connectivity index (χ4n) is 2.88. The van der Waals surface area contributed by atoms with Gasteiger partial charge in [0.25, 0.3) is 5.88 Å². The minimum absolute atomic E-state index is 0.0224. The van der Waals surface area contributed by atoms with Crippen LogP contribution in [0.1, 0.15) is 20.3 Å². The summed E-state index contributed by atoms with van der Waals surface area (Å²) in [6, 6.07) is 14.9. The van der Waals surface area contributed by atoms with E-state index in [1.807, 2.05) is 60.7 Å². The Morgan fingerprint density at radius 2 is 2.04 bits per heavy atom. The highest BCUT2D eigenvalue weighted by molar-refractivity contribution is 5.91. The van der Waals surface area contributed by atoms with Gasteiger partial charge in [-0.15, -0.1) is 10.2 Å². The number of carbonyl (C=O) groups is 1. The van der Waals surface area contributed by atoms with E-state index in [2.05, 4.69) is 20.5 Å². The molecule has 4 aromatic rings. The molecule has 27 heavy (non-hydrogen) atoms. The summed E-state index contributed by atoms with van der Waals surface area (Å²) < 4.78 is 7.81. The van der Waals surface area contributed by atoms with Gasteiger partial charge < -0.3 is 10.1 Å². The van der Waals surface area contributed by atoms with Crippen molar-refractivity contribution in [3.63, 3.8) is 0 Å². The minimum atomic E-state index is -0.0224. The number of fused-ring (bicyclic) bond motifs is 3. The molecule has 0 radical (unpaired) electrons. The molecular formula is C20H19N5O2. The molecule has 2 heterocycles. The molecule has 2 aromatic heterocycles. The SMILES string of the molecule is CC(C)CC(=O)Nc1cccc(Oc2nc3ccccc3n3cnnc23)c1. The van der Waals surface area contributed by atoms with Crippen LogP contribution in [0.3, 0.4) is 0 Å². The fourth-order valence-corrected chi connectivity index (χ4v) is 2.88. The van der Waals surface area contributed by atoms with Gasteiger partial charge in [0, 0.05) is 18.2 Å². The number of amides is 1. The zero-order valence-electron chi connectivity index (χ0n) is 15.1. The maximum Gasteiger partial charge on any atom is 0.266 e. The predicted molar refractivity (Wildman–Crippen MR) is 103 cm³/mol. The zero-order chi connectivity index (χ0) is 18.8. The van der Waals surface area contributed by atoms with Gasteiger partial charge in [-0.3, -0.25) is 9.20 Å². The number of carbonyl (C=O) groups excluding carboxylic acids is 1. The number of para-hydroxylation sites is 2. The van der Waals surface area contributed by atoms with Crippen LogP contribution in [0, 0.1) is 5.92 Å². The summed E-state index contributed by atoms with van der Waals surface area (Å²) in [5.41, 5.74) is 2.89. The predicted octanol–water partition coefficient (Wildman–Crippen LogP) is 4.05. The Labute approximate surface area is 156 Å². The van der Waals surface area contributed by atoms with Crippen LogP contribution in [0.2, 0.25) is 0 Å². The molecule has 136 valence electrons. The van der Waals surface area contributed by atoms with Crippen LogP contribution >= 0.6 is 0 Å². The standard InChI is InChI=1S/C20H19N5O2/c1-13(2)10-18(26)22-14-6-5-7-15(11-14)27-20-19-24-21-12-25(19)17-9-4-3-8-16(17)23-20/h3-9,11-13H,10H2,1-2H3,(H,22,26). The molecule has 0 aliphatic carbocycles. The molecule has 1 amide bonds. The number of hydrogen-bond acceptors (Lipinski definition) is 5. The van der Waals surface area contributed by atoms with Crippen LogP contribution in [0.25, 0.3) is 16.7 Å². The van der Waals surface area contributed by atoms with E-state index in [1.165, 1.54) is 0 Å². The summed E-state index contributed by atoms with van der Waals surface area (Å²) in [7, 11) is 0. The quantitative estimate of drug-likeness (QED) is 0.580. The zero-order valence-corrected chi connectivity index (χ0v) is 15.1. The van der Waals surface area contributed by atoms with Crippen molar-refractivity contribution in [2.75, 3.05) is 5.32 Å². The number of rotatable bonds is 5. The highest BCUT2D eigenvalue weighted by Crippen LogP contribution is 2.28. The summed E-state index contributed by atoms with van der Waals surface area (Å²) in [6.45, 7) is 4.02. The van der Waals surface area contributed by atoms with Crippen LogP contribution in [0.15, 0.2) is 54.9 Å². The average molecular weight is 361 g/mol. The van der Waals surface area contributed by atoms with E-state index in [4.69, 9.17) is 4.74 Å². The Balaban J connectivity index is 1.65. The van der Waals surface area contributed by atoms with E-state index in [9.17, 15) is 4.79 Å². The summed E-state index contributed by atoms with van der Waals surface area (Å²) in [5, 5.41) is 11.0. The third-order valence-corrected chi connectivity index (χ3v) is 4.03. The van der Waals surface area contributed by atoms with Gasteiger partial charge in [0.1, 0.15) is 12.1 Å². The van der Waals surface area contributed by atoms with E-state index in [-0.39, 0.29) is 5.91 Å². The second kappa shape index (κ2) is 7.03. The van der Waals surface area contributed by atoms with Crippen LogP contribution < -0.4 is 10.1 Å². The first kappa shape index (κ1) is 17.0. The Bertz CT molecular complexity index is 1120. The number of benzene rings is 2. The largest absolute Gasteiger partial charge is 0.436 e. The van der Waals surface area contributed by atoms with Gasteiger partial charge in [-0.1, -0.05) is 32.0 Å². The molecule has 0 aliphatic heterocycles. The molecule has 7 nitrogen and oxygen atoms in total. The van der Waals surface area contributed by atoms with Crippen LogP contribution in [0.4, 0.5) is 5.69 Å². The smallest absolute Gasteiger partial charge is 0.266 e. The van der Waals surface area contributed by atoms with E-state index in [0.29, 0.717) is 35.3 Å². The molecule has 0 saturated carbocycles. The molecule has 0 spiro atoms. The first-order valence-corrected chi connectivity index (χ1v) is 8.76. The maximum atomic E-state index is 12.0. The molecule has 1 N–H and O–H groups in total. The van der Waals surface area contributed by atoms with Crippen molar-refractivity contribution >= 4 is 28.3 Å². The number of hydrogen-bond donors (Lipinski definition) is 1. The van der Waals surface area contributed by atoms with Crippen LogP contribution in [0.5, 0.6) is 11.6 Å². The maximum absolute atomic E-state index is 12.0. The van der Waals surface area contributed by atoms with Crippen molar-refractivity contribution in [1.82, 2.24) is 19.6 Å². The van der Waals surface area contributed by atoms with Gasteiger partial charge in [0.2, 0.25) is 11.6 Å². The number of nitrogens with zero attached hydrogens (tertiary/aromatic N) is 4. The van der Waals surface area contributed by atoms with Crippen molar-refractivity contribution in [3.05, 3.63) is 54.9 Å². The van der Waals surface area contributed by atoms with E-state index in [1.54, 1.807) is 12.4 Å². The molecule has 0 fully saturated rings. The van der Waals surface area contributed by atoms with E-state index < -0.39 is 0 Å². The van der Waals surface area contributed by atoms with Gasteiger partial charge in [0.15, 0.2) is 0 Å². The molecule has 0 atom stereocenters. The molecule has 4 rings (SSSR count). The highest BCUT2D eigenvalue weighted by atomic mass is 16.5. The number of aromatic nitrogens is 4. The van der Waals surface area contributed by atoms with Gasteiger partial charge in [-0.05, 0) is 30.2 Å². The Hall–Kier alpha value is -3.48. The Morgan fingerprint density at radius 3 is 2.89 bits per heavy atom. The second-order valence-corrected chi connectivity index (χ2v) is 6.71. The summed E-state index contributed by atoms with van der Waals surface area (Å²) >= 11 is 0. The Kier molecular flexibility index (Phi) is 4.42. The highest BCUT2D eigenvalue weighted by Gasteiger charge is 2.13. The van der Waals surface area contributed by atoms with Gasteiger partial charge in [0.05, 0.1) is 11.0 Å². The third kappa shape index (κ3) is 3.57. The van der Waals surface area contributed by atoms with E-state index in [0.717, 1.165) is 11.0 Å². The monoisotopic (exact) mass is 361 g/mol. The van der Waals surface area contributed by atoms with Gasteiger partial charge in [-0.2, -0.15) is 0 Å². The van der Waals surface area contributed by atoms with Crippen molar-refractivity contribution in [2.45, 2.75) is 20.3 Å². The van der Waals surface area contributed by atoms with Gasteiger partial charge >= 0.3 is 0 Å². The lowest BCUT2D eigenvalue weighted by molar-refractivity contribution is -0.116. The topological polar surface area (TPSA) is 81.4 Å². The average Bonchev–Trinajstić information content (AvgIpc) is 3.12. The van der Waals surface area contributed by atoms with Crippen molar-refractivity contribution in [1.29, 1.82) is 0 Å².